The van der Waals surface area contributed by atoms with Crippen LogP contribution >= 0.6 is 0 Å². The van der Waals surface area contributed by atoms with E-state index in [1.54, 1.807) is 0 Å². The second-order valence-corrected chi connectivity index (χ2v) is 7.53. The summed E-state index contributed by atoms with van der Waals surface area (Å²) >= 11 is 0. The van der Waals surface area contributed by atoms with E-state index in [1.165, 1.54) is 45.1 Å². The summed E-state index contributed by atoms with van der Waals surface area (Å²) < 4.78 is 0. The maximum Gasteiger partial charge on any atom is 0.000757 e. The minimum atomic E-state index is 0.503. The van der Waals surface area contributed by atoms with Crippen molar-refractivity contribution < 1.29 is 0 Å². The second-order valence-electron chi connectivity index (χ2n) is 7.53. The first-order valence-electron chi connectivity index (χ1n) is 7.10. The van der Waals surface area contributed by atoms with Gasteiger partial charge in [-0.15, -0.1) is 0 Å². The molecule has 0 amide bonds. The Morgan fingerprint density at radius 3 is 2.44 bits per heavy atom. The van der Waals surface area contributed by atoms with Gasteiger partial charge in [0.1, 0.15) is 0 Å². The van der Waals surface area contributed by atoms with Gasteiger partial charge in [-0.2, -0.15) is 0 Å². The quantitative estimate of drug-likeness (QED) is 0.763. The summed E-state index contributed by atoms with van der Waals surface area (Å²) in [6, 6.07) is 0. The maximum atomic E-state index is 3.47. The van der Waals surface area contributed by atoms with Crippen LogP contribution in [-0.2, 0) is 0 Å². The first-order valence-corrected chi connectivity index (χ1v) is 7.10. The highest BCUT2D eigenvalue weighted by Gasteiger charge is 2.50. The van der Waals surface area contributed by atoms with Crippen molar-refractivity contribution in [3.63, 3.8) is 0 Å². The predicted octanol–water partition coefficient (Wildman–Crippen LogP) is 3.84. The molecule has 2 rings (SSSR count). The van der Waals surface area contributed by atoms with Gasteiger partial charge in [-0.05, 0) is 61.8 Å². The van der Waals surface area contributed by atoms with Crippen molar-refractivity contribution in [3.8, 4) is 0 Å². The van der Waals surface area contributed by atoms with Crippen LogP contribution in [0.5, 0.6) is 0 Å². The molecule has 2 aliphatic carbocycles. The molecule has 3 unspecified atom stereocenters. The summed E-state index contributed by atoms with van der Waals surface area (Å²) in [5.74, 6) is 2.10. The molecule has 0 aromatic rings. The van der Waals surface area contributed by atoms with E-state index >= 15 is 0 Å². The van der Waals surface area contributed by atoms with Crippen LogP contribution in [0.15, 0.2) is 0 Å². The average Bonchev–Trinajstić information content (AvgIpc) is 2.74. The SMILES string of the molecule is CNCC1(CCC(C)(C)C)CC2CCC1C2. The predicted molar refractivity (Wildman–Crippen MR) is 70.5 cm³/mol. The smallest absolute Gasteiger partial charge is 0.000757 e. The van der Waals surface area contributed by atoms with Gasteiger partial charge in [0.2, 0.25) is 0 Å². The molecule has 1 nitrogen and oxygen atoms in total. The Morgan fingerprint density at radius 2 is 2.00 bits per heavy atom. The lowest BCUT2D eigenvalue weighted by Crippen LogP contribution is -2.38. The molecule has 2 fully saturated rings. The third-order valence-electron chi connectivity index (χ3n) is 5.00. The van der Waals surface area contributed by atoms with Crippen molar-refractivity contribution in [2.45, 2.75) is 59.3 Å². The number of rotatable bonds is 4. The molecule has 16 heavy (non-hydrogen) atoms. The first kappa shape index (κ1) is 12.4. The summed E-state index contributed by atoms with van der Waals surface area (Å²) in [4.78, 5) is 0. The standard InChI is InChI=1S/C15H29N/c1-14(2,3)7-8-15(11-16-4)10-12-5-6-13(15)9-12/h12-13,16H,5-11H2,1-4H3. The molecule has 0 aromatic carbocycles. The van der Waals surface area contributed by atoms with E-state index in [0.717, 1.165) is 11.8 Å². The maximum absolute atomic E-state index is 3.47. The molecule has 0 saturated heterocycles. The van der Waals surface area contributed by atoms with Crippen molar-refractivity contribution in [1.29, 1.82) is 0 Å². The molecule has 0 aromatic heterocycles. The molecule has 3 atom stereocenters. The van der Waals surface area contributed by atoms with Crippen LogP contribution in [-0.4, -0.2) is 13.6 Å². The van der Waals surface area contributed by atoms with E-state index in [1.807, 2.05) is 0 Å². The lowest BCUT2D eigenvalue weighted by Gasteiger charge is -2.39. The largest absolute Gasteiger partial charge is 0.319 e. The van der Waals surface area contributed by atoms with Crippen LogP contribution in [0.3, 0.4) is 0 Å². The Labute approximate surface area is 101 Å². The monoisotopic (exact) mass is 223 g/mol. The minimum absolute atomic E-state index is 0.503. The van der Waals surface area contributed by atoms with Crippen molar-refractivity contribution in [3.05, 3.63) is 0 Å². The second kappa shape index (κ2) is 4.33. The summed E-state index contributed by atoms with van der Waals surface area (Å²) in [7, 11) is 2.13. The number of fused-ring (bicyclic) bond motifs is 2. The van der Waals surface area contributed by atoms with Crippen molar-refractivity contribution in [2.24, 2.45) is 22.7 Å². The molecule has 2 saturated carbocycles. The van der Waals surface area contributed by atoms with Gasteiger partial charge >= 0.3 is 0 Å². The first-order chi connectivity index (χ1) is 7.45. The molecule has 2 aliphatic rings. The van der Waals surface area contributed by atoms with E-state index in [0.29, 0.717) is 10.8 Å². The third-order valence-corrected chi connectivity index (χ3v) is 5.00. The molecule has 0 aliphatic heterocycles. The average molecular weight is 223 g/mol. The molecule has 94 valence electrons. The number of hydrogen-bond donors (Lipinski definition) is 1. The Bertz CT molecular complexity index is 240. The summed E-state index contributed by atoms with van der Waals surface area (Å²) in [5.41, 5.74) is 1.16. The van der Waals surface area contributed by atoms with Gasteiger partial charge in [-0.1, -0.05) is 27.2 Å². The van der Waals surface area contributed by atoms with Gasteiger partial charge in [0.05, 0.1) is 0 Å². The van der Waals surface area contributed by atoms with E-state index in [-0.39, 0.29) is 0 Å². The van der Waals surface area contributed by atoms with Crippen LogP contribution in [0.25, 0.3) is 0 Å². The number of hydrogen-bond acceptors (Lipinski definition) is 1. The number of nitrogens with one attached hydrogen (secondary N) is 1. The summed E-state index contributed by atoms with van der Waals surface area (Å²) in [6.07, 6.45) is 8.90. The Morgan fingerprint density at radius 1 is 1.25 bits per heavy atom. The fourth-order valence-electron chi connectivity index (χ4n) is 4.15. The lowest BCUT2D eigenvalue weighted by molar-refractivity contribution is 0.124. The Kier molecular flexibility index (Phi) is 3.36. The van der Waals surface area contributed by atoms with Crippen LogP contribution < -0.4 is 5.32 Å². The molecule has 1 heteroatoms. The van der Waals surface area contributed by atoms with Gasteiger partial charge in [-0.25, -0.2) is 0 Å². The van der Waals surface area contributed by atoms with Gasteiger partial charge in [0.25, 0.3) is 0 Å². The van der Waals surface area contributed by atoms with Crippen LogP contribution in [0, 0.1) is 22.7 Å². The highest BCUT2D eigenvalue weighted by molar-refractivity contribution is 5.01. The van der Waals surface area contributed by atoms with Gasteiger partial charge in [-0.3, -0.25) is 0 Å². The van der Waals surface area contributed by atoms with E-state index in [4.69, 9.17) is 0 Å². The van der Waals surface area contributed by atoms with E-state index in [2.05, 4.69) is 33.1 Å². The minimum Gasteiger partial charge on any atom is -0.319 e. The highest BCUT2D eigenvalue weighted by atomic mass is 14.8. The molecule has 0 radical (unpaired) electrons. The molecular formula is C15H29N. The molecule has 0 spiro atoms. The van der Waals surface area contributed by atoms with E-state index < -0.39 is 0 Å². The van der Waals surface area contributed by atoms with Gasteiger partial charge < -0.3 is 5.32 Å². The third kappa shape index (κ3) is 2.45. The van der Waals surface area contributed by atoms with Crippen molar-refractivity contribution in [2.75, 3.05) is 13.6 Å². The van der Waals surface area contributed by atoms with Gasteiger partial charge in [0, 0.05) is 6.54 Å². The van der Waals surface area contributed by atoms with Gasteiger partial charge in [0.15, 0.2) is 0 Å². The van der Waals surface area contributed by atoms with Crippen molar-refractivity contribution in [1.82, 2.24) is 5.32 Å². The van der Waals surface area contributed by atoms with Crippen LogP contribution in [0.4, 0.5) is 0 Å². The van der Waals surface area contributed by atoms with Crippen molar-refractivity contribution >= 4 is 0 Å². The van der Waals surface area contributed by atoms with E-state index in [9.17, 15) is 0 Å². The zero-order valence-electron chi connectivity index (χ0n) is 11.6. The fourth-order valence-corrected chi connectivity index (χ4v) is 4.15. The molecule has 0 heterocycles. The lowest BCUT2D eigenvalue weighted by atomic mass is 9.68. The molecule has 1 N–H and O–H groups in total. The Balaban J connectivity index is 2.00. The zero-order chi connectivity index (χ0) is 11.8. The molecular weight excluding hydrogens is 194 g/mol. The zero-order valence-corrected chi connectivity index (χ0v) is 11.6. The Hall–Kier alpha value is -0.0400. The normalized spacial score (nSPS) is 38.2. The highest BCUT2D eigenvalue weighted by Crippen LogP contribution is 2.58. The topological polar surface area (TPSA) is 12.0 Å². The summed E-state index contributed by atoms with van der Waals surface area (Å²) in [5, 5.41) is 3.47. The molecule has 2 bridgehead atoms. The fraction of sp³-hybridized carbons (Fsp3) is 1.00. The van der Waals surface area contributed by atoms with Crippen LogP contribution in [0.2, 0.25) is 0 Å². The van der Waals surface area contributed by atoms with Crippen LogP contribution in [0.1, 0.15) is 59.3 Å². The summed E-state index contributed by atoms with van der Waals surface area (Å²) in [6.45, 7) is 8.40.